The molecule has 1 aliphatic rings. The van der Waals surface area contributed by atoms with E-state index in [0.717, 1.165) is 0 Å². The van der Waals surface area contributed by atoms with Gasteiger partial charge >= 0.3 is 12.0 Å². The molecule has 0 saturated heterocycles. The Morgan fingerprint density at radius 1 is 1.24 bits per heavy atom. The second-order valence-corrected chi connectivity index (χ2v) is 8.06. The molecule has 1 aromatic carbocycles. The van der Waals surface area contributed by atoms with Crippen molar-refractivity contribution in [2.75, 3.05) is 0 Å². The Morgan fingerprint density at radius 2 is 1.88 bits per heavy atom. The van der Waals surface area contributed by atoms with Gasteiger partial charge in [0.2, 0.25) is 0 Å². The van der Waals surface area contributed by atoms with E-state index in [4.69, 9.17) is 4.74 Å². The van der Waals surface area contributed by atoms with Gasteiger partial charge in [0.1, 0.15) is 5.75 Å². The summed E-state index contributed by atoms with van der Waals surface area (Å²) in [6.45, 7) is 7.25. The zero-order chi connectivity index (χ0) is 18.9. The SMILES string of the molecule is CC(C)OC(=O)C1=C(C(C)C)NC(=O)NC1c1cc(Br)cc(Br)c1O. The number of hydrogen-bond acceptors (Lipinski definition) is 4. The zero-order valence-corrected chi connectivity index (χ0v) is 17.5. The summed E-state index contributed by atoms with van der Waals surface area (Å²) in [5.74, 6) is -0.693. The summed E-state index contributed by atoms with van der Waals surface area (Å²) >= 11 is 6.65. The molecule has 0 aromatic heterocycles. The first-order valence-corrected chi connectivity index (χ1v) is 9.40. The number of ether oxygens (including phenoxy) is 1. The topological polar surface area (TPSA) is 87.7 Å². The second-order valence-electron chi connectivity index (χ2n) is 6.29. The fourth-order valence-corrected chi connectivity index (χ4v) is 3.84. The van der Waals surface area contributed by atoms with Gasteiger partial charge < -0.3 is 20.5 Å². The molecule has 1 atom stereocenters. The summed E-state index contributed by atoms with van der Waals surface area (Å²) < 4.78 is 6.51. The molecule has 1 aliphatic heterocycles. The number of allylic oxidation sites excluding steroid dienone is 1. The number of benzene rings is 1. The van der Waals surface area contributed by atoms with Crippen LogP contribution in [0, 0.1) is 5.92 Å². The molecule has 25 heavy (non-hydrogen) atoms. The first-order valence-electron chi connectivity index (χ1n) is 7.82. The van der Waals surface area contributed by atoms with Gasteiger partial charge in [-0.3, -0.25) is 0 Å². The van der Waals surface area contributed by atoms with Crippen LogP contribution in [0.3, 0.4) is 0 Å². The van der Waals surface area contributed by atoms with Crippen LogP contribution in [-0.2, 0) is 9.53 Å². The molecule has 2 rings (SSSR count). The number of amides is 2. The van der Waals surface area contributed by atoms with Gasteiger partial charge in [0.05, 0.1) is 22.2 Å². The number of urea groups is 1. The van der Waals surface area contributed by atoms with E-state index in [9.17, 15) is 14.7 Å². The van der Waals surface area contributed by atoms with Crippen LogP contribution < -0.4 is 10.6 Å². The Balaban J connectivity index is 2.66. The van der Waals surface area contributed by atoms with Crippen LogP contribution in [0.1, 0.15) is 39.3 Å². The number of carbonyl (C=O) groups is 2. The lowest BCUT2D eigenvalue weighted by Crippen LogP contribution is -2.47. The Hall–Kier alpha value is -1.54. The Morgan fingerprint density at radius 3 is 2.44 bits per heavy atom. The monoisotopic (exact) mass is 474 g/mol. The molecular formula is C17H20Br2N2O4. The van der Waals surface area contributed by atoms with Gasteiger partial charge in [0.15, 0.2) is 0 Å². The second kappa shape index (κ2) is 7.78. The number of halogens is 2. The van der Waals surface area contributed by atoms with Crippen LogP contribution in [0.15, 0.2) is 32.3 Å². The normalized spacial score (nSPS) is 17.6. The van der Waals surface area contributed by atoms with Crippen LogP contribution in [-0.4, -0.2) is 23.2 Å². The minimum absolute atomic E-state index is 0.0478. The van der Waals surface area contributed by atoms with E-state index in [2.05, 4.69) is 42.5 Å². The molecule has 3 N–H and O–H groups in total. The highest BCUT2D eigenvalue weighted by Gasteiger charge is 2.36. The Bertz CT molecular complexity index is 744. The molecule has 1 heterocycles. The van der Waals surface area contributed by atoms with Crippen LogP contribution in [0.4, 0.5) is 4.79 Å². The minimum Gasteiger partial charge on any atom is -0.506 e. The fraction of sp³-hybridized carbons (Fsp3) is 0.412. The van der Waals surface area contributed by atoms with E-state index >= 15 is 0 Å². The predicted molar refractivity (Wildman–Crippen MR) is 101 cm³/mol. The summed E-state index contributed by atoms with van der Waals surface area (Å²) in [5, 5.41) is 15.9. The summed E-state index contributed by atoms with van der Waals surface area (Å²) in [7, 11) is 0. The van der Waals surface area contributed by atoms with E-state index in [-0.39, 0.29) is 23.3 Å². The molecule has 2 amide bonds. The lowest BCUT2D eigenvalue weighted by molar-refractivity contribution is -0.143. The number of aromatic hydroxyl groups is 1. The molecule has 6 nitrogen and oxygen atoms in total. The van der Waals surface area contributed by atoms with Gasteiger partial charge in [-0.1, -0.05) is 29.8 Å². The summed E-state index contributed by atoms with van der Waals surface area (Å²) in [6, 6.07) is 2.08. The molecule has 1 aromatic rings. The molecule has 0 spiro atoms. The van der Waals surface area contributed by atoms with Crippen molar-refractivity contribution in [2.24, 2.45) is 5.92 Å². The lowest BCUT2D eigenvalue weighted by Gasteiger charge is -2.31. The van der Waals surface area contributed by atoms with Gasteiger partial charge in [0.25, 0.3) is 0 Å². The zero-order valence-electron chi connectivity index (χ0n) is 14.3. The minimum atomic E-state index is -0.828. The van der Waals surface area contributed by atoms with E-state index in [1.807, 2.05) is 13.8 Å². The summed E-state index contributed by atoms with van der Waals surface area (Å²) in [5.41, 5.74) is 1.16. The first kappa shape index (κ1) is 19.8. The predicted octanol–water partition coefficient (Wildman–Crippen LogP) is 4.13. The molecule has 0 saturated carbocycles. The molecule has 8 heteroatoms. The van der Waals surface area contributed by atoms with Gasteiger partial charge in [-0.05, 0) is 47.8 Å². The standard InChI is InChI=1S/C17H20Br2N2O4/c1-7(2)13-12(16(23)25-8(3)4)14(21-17(24)20-13)10-5-9(18)6-11(19)15(10)22/h5-8,14,22H,1-4H3,(H2,20,21,24). The van der Waals surface area contributed by atoms with Crippen molar-refractivity contribution in [3.05, 3.63) is 37.9 Å². The maximum atomic E-state index is 12.7. The van der Waals surface area contributed by atoms with Gasteiger partial charge in [-0.25, -0.2) is 9.59 Å². The maximum Gasteiger partial charge on any atom is 0.338 e. The number of rotatable bonds is 4. The number of esters is 1. The van der Waals surface area contributed by atoms with E-state index < -0.39 is 18.0 Å². The van der Waals surface area contributed by atoms with Crippen molar-refractivity contribution in [1.82, 2.24) is 10.6 Å². The van der Waals surface area contributed by atoms with Gasteiger partial charge in [0, 0.05) is 15.7 Å². The average Bonchev–Trinajstić information content (AvgIpc) is 2.49. The van der Waals surface area contributed by atoms with Crippen molar-refractivity contribution >= 4 is 43.9 Å². The molecule has 0 bridgehead atoms. The van der Waals surface area contributed by atoms with E-state index in [1.165, 1.54) is 0 Å². The fourth-order valence-electron chi connectivity index (χ4n) is 2.58. The van der Waals surface area contributed by atoms with Crippen LogP contribution in [0.25, 0.3) is 0 Å². The van der Waals surface area contributed by atoms with Crippen molar-refractivity contribution in [2.45, 2.75) is 39.8 Å². The van der Waals surface area contributed by atoms with Crippen molar-refractivity contribution in [1.29, 1.82) is 0 Å². The Kier molecular flexibility index (Phi) is 6.16. The summed E-state index contributed by atoms with van der Waals surface area (Å²) in [4.78, 5) is 24.8. The lowest BCUT2D eigenvalue weighted by atomic mass is 9.91. The van der Waals surface area contributed by atoms with E-state index in [0.29, 0.717) is 20.2 Å². The third-order valence-corrected chi connectivity index (χ3v) is 4.67. The third kappa shape index (κ3) is 4.36. The van der Waals surface area contributed by atoms with Crippen molar-refractivity contribution in [3.8, 4) is 5.75 Å². The third-order valence-electron chi connectivity index (χ3n) is 3.61. The van der Waals surface area contributed by atoms with Crippen molar-refractivity contribution in [3.63, 3.8) is 0 Å². The highest BCUT2D eigenvalue weighted by atomic mass is 79.9. The molecular weight excluding hydrogens is 456 g/mol. The molecule has 1 unspecified atom stereocenters. The maximum absolute atomic E-state index is 12.7. The number of phenols is 1. The van der Waals surface area contributed by atoms with Crippen LogP contribution in [0.2, 0.25) is 0 Å². The highest BCUT2D eigenvalue weighted by molar-refractivity contribution is 9.11. The highest BCUT2D eigenvalue weighted by Crippen LogP contribution is 2.40. The first-order chi connectivity index (χ1) is 11.6. The number of hydrogen-bond donors (Lipinski definition) is 3. The number of phenolic OH excluding ortho intramolecular Hbond substituents is 1. The average molecular weight is 476 g/mol. The number of carbonyl (C=O) groups excluding carboxylic acids is 2. The largest absolute Gasteiger partial charge is 0.506 e. The van der Waals surface area contributed by atoms with Gasteiger partial charge in [-0.2, -0.15) is 0 Å². The molecule has 0 fully saturated rings. The molecule has 136 valence electrons. The summed E-state index contributed by atoms with van der Waals surface area (Å²) in [6.07, 6.45) is -0.311. The quantitative estimate of drug-likeness (QED) is 0.571. The van der Waals surface area contributed by atoms with Gasteiger partial charge in [-0.15, -0.1) is 0 Å². The van der Waals surface area contributed by atoms with E-state index in [1.54, 1.807) is 26.0 Å². The molecule has 0 aliphatic carbocycles. The smallest absolute Gasteiger partial charge is 0.338 e. The van der Waals surface area contributed by atoms with Crippen LogP contribution in [0.5, 0.6) is 5.75 Å². The van der Waals surface area contributed by atoms with Crippen LogP contribution >= 0.6 is 31.9 Å². The number of nitrogens with one attached hydrogen (secondary N) is 2. The Labute approximate surface area is 163 Å². The van der Waals surface area contributed by atoms with Crippen molar-refractivity contribution < 1.29 is 19.4 Å². The molecule has 0 radical (unpaired) electrons.